The van der Waals surface area contributed by atoms with Gasteiger partial charge in [0.25, 0.3) is 0 Å². The number of unbranched alkanes of at least 4 members (excludes halogenated alkanes) is 5. The van der Waals surface area contributed by atoms with E-state index in [0.717, 1.165) is 57.3 Å². The van der Waals surface area contributed by atoms with Crippen molar-refractivity contribution < 1.29 is 9.53 Å². The summed E-state index contributed by atoms with van der Waals surface area (Å²) in [7, 11) is 0. The van der Waals surface area contributed by atoms with Crippen molar-refractivity contribution >= 4 is 5.97 Å². The molecule has 0 bridgehead atoms. The largest absolute Gasteiger partial charge is 0.462 e. The Morgan fingerprint density at radius 3 is 2.18 bits per heavy atom. The second-order valence-corrected chi connectivity index (χ2v) is 9.55. The zero-order valence-electron chi connectivity index (χ0n) is 18.5. The van der Waals surface area contributed by atoms with Crippen LogP contribution in [0.5, 0.6) is 0 Å². The molecule has 0 radical (unpaired) electrons. The number of nitriles is 1. The fourth-order valence-corrected chi connectivity index (χ4v) is 5.20. The molecule has 0 atom stereocenters. The quantitative estimate of drug-likeness (QED) is 0.274. The maximum Gasteiger partial charge on any atom is 0.309 e. The molecule has 0 N–H and O–H groups in total. The molecule has 28 heavy (non-hydrogen) atoms. The van der Waals surface area contributed by atoms with Crippen LogP contribution < -0.4 is 0 Å². The lowest BCUT2D eigenvalue weighted by atomic mass is 9.71. The molecular formula is C25H43NO2. The summed E-state index contributed by atoms with van der Waals surface area (Å²) in [6.07, 6.45) is 19.3. The van der Waals surface area contributed by atoms with Crippen LogP contribution in [-0.2, 0) is 9.53 Å². The molecule has 0 spiro atoms. The summed E-state index contributed by atoms with van der Waals surface area (Å²) in [4.78, 5) is 12.6. The van der Waals surface area contributed by atoms with Gasteiger partial charge in [-0.25, -0.2) is 0 Å². The van der Waals surface area contributed by atoms with Gasteiger partial charge in [-0.2, -0.15) is 5.26 Å². The molecule has 0 saturated heterocycles. The smallest absolute Gasteiger partial charge is 0.309 e. The van der Waals surface area contributed by atoms with Crippen LogP contribution in [0.25, 0.3) is 0 Å². The number of ether oxygens (including phenoxy) is 1. The minimum absolute atomic E-state index is 0.0458. The standard InChI is InChI=1S/C25H43NO2/c1-3-5-7-9-17-25(20-26)18-15-23(16-19-25)28-24(27)22-13-11-21(12-14-22)10-8-6-4-2/h21-23H,3-19H2,1-2H3/t21-,22-,23-,25-. The highest BCUT2D eigenvalue weighted by Crippen LogP contribution is 2.41. The Morgan fingerprint density at radius 2 is 1.57 bits per heavy atom. The second-order valence-electron chi connectivity index (χ2n) is 9.55. The maximum absolute atomic E-state index is 12.6. The number of hydrogen-bond donors (Lipinski definition) is 0. The van der Waals surface area contributed by atoms with Crippen LogP contribution in [0, 0.1) is 28.6 Å². The Morgan fingerprint density at radius 1 is 0.929 bits per heavy atom. The Hall–Kier alpha value is -1.04. The first kappa shape index (κ1) is 23.2. The van der Waals surface area contributed by atoms with E-state index in [0.29, 0.717) is 0 Å². The van der Waals surface area contributed by atoms with E-state index >= 15 is 0 Å². The summed E-state index contributed by atoms with van der Waals surface area (Å²) in [5.74, 6) is 0.998. The van der Waals surface area contributed by atoms with Crippen molar-refractivity contribution in [1.29, 1.82) is 5.26 Å². The van der Waals surface area contributed by atoms with Crippen LogP contribution in [0.4, 0.5) is 0 Å². The van der Waals surface area contributed by atoms with Crippen LogP contribution in [0.3, 0.4) is 0 Å². The molecule has 2 aliphatic rings. The molecule has 3 nitrogen and oxygen atoms in total. The molecule has 0 aliphatic heterocycles. The van der Waals surface area contributed by atoms with Gasteiger partial charge in [-0.15, -0.1) is 0 Å². The summed E-state index contributed by atoms with van der Waals surface area (Å²) < 4.78 is 5.90. The number of hydrogen-bond acceptors (Lipinski definition) is 3. The minimum Gasteiger partial charge on any atom is -0.462 e. The van der Waals surface area contributed by atoms with Gasteiger partial charge in [0.1, 0.15) is 6.10 Å². The van der Waals surface area contributed by atoms with Crippen LogP contribution in [0.1, 0.15) is 123 Å². The monoisotopic (exact) mass is 389 g/mol. The summed E-state index contributed by atoms with van der Waals surface area (Å²) >= 11 is 0. The topological polar surface area (TPSA) is 50.1 Å². The maximum atomic E-state index is 12.6. The molecule has 0 unspecified atom stereocenters. The van der Waals surface area contributed by atoms with E-state index in [4.69, 9.17) is 4.74 Å². The van der Waals surface area contributed by atoms with E-state index in [1.54, 1.807) is 0 Å². The number of carbonyl (C=O) groups excluding carboxylic acids is 1. The second kappa shape index (κ2) is 12.5. The van der Waals surface area contributed by atoms with Gasteiger partial charge in [0.05, 0.1) is 17.4 Å². The first-order valence-corrected chi connectivity index (χ1v) is 12.2. The summed E-state index contributed by atoms with van der Waals surface area (Å²) in [6.45, 7) is 4.48. The minimum atomic E-state index is -0.160. The summed E-state index contributed by atoms with van der Waals surface area (Å²) in [6, 6.07) is 2.62. The third-order valence-electron chi connectivity index (χ3n) is 7.31. The molecule has 160 valence electrons. The van der Waals surface area contributed by atoms with Crippen LogP contribution in [-0.4, -0.2) is 12.1 Å². The van der Waals surface area contributed by atoms with Crippen molar-refractivity contribution in [2.75, 3.05) is 0 Å². The Balaban J connectivity index is 1.67. The van der Waals surface area contributed by atoms with Crippen LogP contribution in [0.15, 0.2) is 0 Å². The molecule has 2 rings (SSSR count). The predicted octanol–water partition coefficient (Wildman–Crippen LogP) is 7.34. The first-order chi connectivity index (χ1) is 13.6. The molecule has 2 saturated carbocycles. The molecule has 2 aliphatic carbocycles. The highest BCUT2D eigenvalue weighted by molar-refractivity contribution is 5.72. The average molecular weight is 390 g/mol. The van der Waals surface area contributed by atoms with Gasteiger partial charge < -0.3 is 4.74 Å². The van der Waals surface area contributed by atoms with Gasteiger partial charge in [-0.1, -0.05) is 65.2 Å². The van der Waals surface area contributed by atoms with Gasteiger partial charge in [0, 0.05) is 0 Å². The van der Waals surface area contributed by atoms with Gasteiger partial charge in [-0.3, -0.25) is 4.79 Å². The van der Waals surface area contributed by atoms with E-state index in [2.05, 4.69) is 19.9 Å². The summed E-state index contributed by atoms with van der Waals surface area (Å²) in [5, 5.41) is 9.71. The zero-order chi connectivity index (χ0) is 20.2. The van der Waals surface area contributed by atoms with Crippen LogP contribution in [0.2, 0.25) is 0 Å². The Kier molecular flexibility index (Phi) is 10.4. The number of carbonyl (C=O) groups is 1. The molecule has 0 amide bonds. The number of rotatable bonds is 11. The molecule has 0 aromatic heterocycles. The normalized spacial score (nSPS) is 30.5. The lowest BCUT2D eigenvalue weighted by molar-refractivity contribution is -0.158. The average Bonchev–Trinajstić information content (AvgIpc) is 2.73. The Bertz CT molecular complexity index is 479. The SMILES string of the molecule is CCCCCC[C@]1(C#N)CC[C@H](OC(=O)[C@H]2CC[C@H](CCCCC)CC2)CC1. The molecular weight excluding hydrogens is 346 g/mol. The van der Waals surface area contributed by atoms with E-state index in [1.807, 2.05) is 0 Å². The fourth-order valence-electron chi connectivity index (χ4n) is 5.20. The third-order valence-corrected chi connectivity index (χ3v) is 7.31. The van der Waals surface area contributed by atoms with Crippen molar-refractivity contribution in [1.82, 2.24) is 0 Å². The highest BCUT2D eigenvalue weighted by Gasteiger charge is 2.37. The lowest BCUT2D eigenvalue weighted by Crippen LogP contribution is -2.33. The van der Waals surface area contributed by atoms with E-state index in [9.17, 15) is 10.1 Å². The van der Waals surface area contributed by atoms with Gasteiger partial charge in [0.2, 0.25) is 0 Å². The van der Waals surface area contributed by atoms with E-state index in [1.165, 1.54) is 57.8 Å². The van der Waals surface area contributed by atoms with Gasteiger partial charge in [0.15, 0.2) is 0 Å². The van der Waals surface area contributed by atoms with Crippen molar-refractivity contribution in [3.05, 3.63) is 0 Å². The third kappa shape index (κ3) is 7.41. The molecule has 3 heteroatoms. The molecule has 0 heterocycles. The lowest BCUT2D eigenvalue weighted by Gasteiger charge is -2.35. The fraction of sp³-hybridized carbons (Fsp3) is 0.920. The van der Waals surface area contributed by atoms with E-state index in [-0.39, 0.29) is 23.4 Å². The highest BCUT2D eigenvalue weighted by atomic mass is 16.5. The van der Waals surface area contributed by atoms with E-state index < -0.39 is 0 Å². The number of nitrogens with zero attached hydrogens (tertiary/aromatic N) is 1. The molecule has 2 fully saturated rings. The molecule has 0 aromatic rings. The van der Waals surface area contributed by atoms with Crippen molar-refractivity contribution in [2.24, 2.45) is 17.3 Å². The van der Waals surface area contributed by atoms with Crippen molar-refractivity contribution in [2.45, 2.75) is 129 Å². The van der Waals surface area contributed by atoms with Gasteiger partial charge in [-0.05, 0) is 63.7 Å². The number of esters is 1. The summed E-state index contributed by atoms with van der Waals surface area (Å²) in [5.41, 5.74) is -0.160. The van der Waals surface area contributed by atoms with Crippen LogP contribution >= 0.6 is 0 Å². The van der Waals surface area contributed by atoms with Crippen molar-refractivity contribution in [3.8, 4) is 6.07 Å². The van der Waals surface area contributed by atoms with Gasteiger partial charge >= 0.3 is 5.97 Å². The first-order valence-electron chi connectivity index (χ1n) is 12.2. The molecule has 0 aromatic carbocycles. The Labute approximate surface area is 173 Å². The predicted molar refractivity (Wildman–Crippen MR) is 115 cm³/mol. The van der Waals surface area contributed by atoms with Crippen molar-refractivity contribution in [3.63, 3.8) is 0 Å². The zero-order valence-corrected chi connectivity index (χ0v) is 18.5.